The molecule has 2 atom stereocenters. The van der Waals surface area contributed by atoms with E-state index in [1.165, 1.54) is 17.7 Å². The molecular weight excluding hydrogens is 275 g/mol. The lowest BCUT2D eigenvalue weighted by atomic mass is 9.84. The van der Waals surface area contributed by atoms with Crippen molar-refractivity contribution in [3.05, 3.63) is 29.8 Å². The number of hydrogen-bond donors (Lipinski definition) is 0. The lowest BCUT2D eigenvalue weighted by molar-refractivity contribution is 0.103. The molecule has 2 nitrogen and oxygen atoms in total. The molecule has 2 unspecified atom stereocenters. The van der Waals surface area contributed by atoms with Gasteiger partial charge in [0.2, 0.25) is 0 Å². The van der Waals surface area contributed by atoms with Crippen LogP contribution in [0.2, 0.25) is 0 Å². The van der Waals surface area contributed by atoms with Crippen LogP contribution in [0.15, 0.2) is 24.3 Å². The van der Waals surface area contributed by atoms with Gasteiger partial charge in [-0.15, -0.1) is 0 Å². The van der Waals surface area contributed by atoms with Gasteiger partial charge in [0.05, 0.1) is 0 Å². The van der Waals surface area contributed by atoms with Crippen molar-refractivity contribution in [2.75, 3.05) is 44.3 Å². The summed E-state index contributed by atoms with van der Waals surface area (Å²) in [5.74, 6) is 1.39. The van der Waals surface area contributed by atoms with E-state index in [2.05, 4.69) is 54.8 Å². The maximum absolute atomic E-state index is 12.6. The van der Waals surface area contributed by atoms with E-state index >= 15 is 0 Å². The number of likely N-dealkylation sites (tertiary alicyclic amines) is 1. The highest BCUT2D eigenvalue weighted by Gasteiger charge is 2.34. The molecule has 0 amide bonds. The fraction of sp³-hybridized carbons (Fsp3) is 0.684. The molecule has 2 aliphatic heterocycles. The largest absolute Gasteiger partial charge is 0.371 e. The Morgan fingerprint density at radius 2 is 1.59 bits per heavy atom. The smallest absolute Gasteiger partial charge is 0.102 e. The van der Waals surface area contributed by atoms with Crippen LogP contribution in [0.3, 0.4) is 0 Å². The molecule has 122 valence electrons. The van der Waals surface area contributed by atoms with Gasteiger partial charge in [-0.25, -0.2) is 4.39 Å². The lowest BCUT2D eigenvalue weighted by Gasteiger charge is -2.46. The molecule has 3 rings (SSSR count). The topological polar surface area (TPSA) is 6.48 Å². The third-order valence-corrected chi connectivity index (χ3v) is 5.16. The molecule has 0 spiro atoms. The molecular formula is C19H29FN2. The molecule has 0 aromatic heterocycles. The number of rotatable bonds is 3. The van der Waals surface area contributed by atoms with E-state index < -0.39 is 0 Å². The summed E-state index contributed by atoms with van der Waals surface area (Å²) in [6.07, 6.45) is 1.32. The minimum atomic E-state index is -0.211. The predicted molar refractivity (Wildman–Crippen MR) is 91.4 cm³/mol. The Kier molecular flexibility index (Phi) is 4.44. The van der Waals surface area contributed by atoms with E-state index in [1.54, 1.807) is 0 Å². The van der Waals surface area contributed by atoms with Gasteiger partial charge < -0.3 is 9.80 Å². The van der Waals surface area contributed by atoms with Crippen LogP contribution >= 0.6 is 0 Å². The van der Waals surface area contributed by atoms with Crippen LogP contribution in [0.1, 0.15) is 32.8 Å². The first kappa shape index (κ1) is 15.8. The van der Waals surface area contributed by atoms with E-state index in [4.69, 9.17) is 0 Å². The normalized spacial score (nSPS) is 26.3. The van der Waals surface area contributed by atoms with Crippen molar-refractivity contribution in [2.45, 2.75) is 32.6 Å². The summed E-state index contributed by atoms with van der Waals surface area (Å²) in [6.45, 7) is 11.5. The third-order valence-electron chi connectivity index (χ3n) is 5.16. The highest BCUT2D eigenvalue weighted by molar-refractivity contribution is 5.49. The van der Waals surface area contributed by atoms with Crippen LogP contribution in [-0.4, -0.2) is 44.3 Å². The van der Waals surface area contributed by atoms with E-state index in [9.17, 15) is 4.39 Å². The molecule has 0 aliphatic carbocycles. The second-order valence-corrected chi connectivity index (χ2v) is 8.12. The van der Waals surface area contributed by atoms with Crippen molar-refractivity contribution < 1.29 is 4.39 Å². The van der Waals surface area contributed by atoms with Crippen LogP contribution in [0.25, 0.3) is 0 Å². The van der Waals surface area contributed by atoms with E-state index in [1.807, 2.05) is 0 Å². The summed E-state index contributed by atoms with van der Waals surface area (Å²) in [5.41, 5.74) is 2.95. The molecule has 1 aromatic rings. The van der Waals surface area contributed by atoms with Crippen molar-refractivity contribution in [2.24, 2.45) is 11.8 Å². The summed E-state index contributed by atoms with van der Waals surface area (Å²) >= 11 is 0. The molecule has 2 saturated heterocycles. The fourth-order valence-corrected chi connectivity index (χ4v) is 4.07. The minimum absolute atomic E-state index is 0.211. The number of piperidine rings is 2. The summed E-state index contributed by atoms with van der Waals surface area (Å²) in [5, 5.41) is 0. The Bertz CT molecular complexity index is 477. The van der Waals surface area contributed by atoms with Gasteiger partial charge in [-0.2, -0.15) is 0 Å². The van der Waals surface area contributed by atoms with Gasteiger partial charge in [0.25, 0.3) is 0 Å². The Morgan fingerprint density at radius 1 is 1.00 bits per heavy atom. The lowest BCUT2D eigenvalue weighted by Crippen LogP contribution is -2.53. The van der Waals surface area contributed by atoms with Gasteiger partial charge in [-0.1, -0.05) is 32.9 Å². The Labute approximate surface area is 134 Å². The van der Waals surface area contributed by atoms with Crippen molar-refractivity contribution in [3.63, 3.8) is 0 Å². The zero-order valence-electron chi connectivity index (χ0n) is 14.2. The van der Waals surface area contributed by atoms with Gasteiger partial charge in [0, 0.05) is 38.4 Å². The fourth-order valence-electron chi connectivity index (χ4n) is 4.07. The first-order chi connectivity index (χ1) is 10.5. The van der Waals surface area contributed by atoms with Crippen molar-refractivity contribution >= 4 is 5.69 Å². The molecule has 0 radical (unpaired) electrons. The van der Waals surface area contributed by atoms with Gasteiger partial charge in [-0.3, -0.25) is 0 Å². The molecule has 2 fully saturated rings. The number of anilines is 1. The molecule has 2 bridgehead atoms. The van der Waals surface area contributed by atoms with Gasteiger partial charge in [0.15, 0.2) is 0 Å². The number of benzene rings is 1. The van der Waals surface area contributed by atoms with Crippen LogP contribution in [-0.2, 0) is 5.41 Å². The first-order valence-corrected chi connectivity index (χ1v) is 8.59. The second-order valence-electron chi connectivity index (χ2n) is 8.12. The molecule has 22 heavy (non-hydrogen) atoms. The summed E-state index contributed by atoms with van der Waals surface area (Å²) < 4.78 is 12.6. The van der Waals surface area contributed by atoms with Crippen LogP contribution < -0.4 is 4.90 Å². The summed E-state index contributed by atoms with van der Waals surface area (Å²) in [7, 11) is 0. The maximum atomic E-state index is 12.6. The van der Waals surface area contributed by atoms with Crippen LogP contribution in [0.4, 0.5) is 10.1 Å². The predicted octanol–water partition coefficient (Wildman–Crippen LogP) is 3.71. The Hall–Kier alpha value is -1.09. The van der Waals surface area contributed by atoms with Gasteiger partial charge >= 0.3 is 0 Å². The molecule has 1 aromatic carbocycles. The van der Waals surface area contributed by atoms with Gasteiger partial charge in [-0.05, 0) is 41.4 Å². The van der Waals surface area contributed by atoms with E-state index in [0.29, 0.717) is 18.4 Å². The molecule has 3 heteroatoms. The van der Waals surface area contributed by atoms with E-state index in [-0.39, 0.29) is 12.1 Å². The first-order valence-electron chi connectivity index (χ1n) is 8.59. The quantitative estimate of drug-likeness (QED) is 0.840. The number of hydrogen-bond acceptors (Lipinski definition) is 2. The average Bonchev–Trinajstić information content (AvgIpc) is 2.46. The van der Waals surface area contributed by atoms with Gasteiger partial charge in [0.1, 0.15) is 6.67 Å². The second kappa shape index (κ2) is 6.19. The monoisotopic (exact) mass is 304 g/mol. The number of halogens is 1. The standard InChI is InChI=1S/C19H29FN2/c1-19(2,3)17-4-6-18(7-5-17)22-13-15-10-16(14-22)12-21(11-15)9-8-20/h4-7,15-16H,8-14H2,1-3H3. The average molecular weight is 304 g/mol. The number of alkyl halides is 1. The van der Waals surface area contributed by atoms with Crippen molar-refractivity contribution in [1.29, 1.82) is 0 Å². The zero-order valence-corrected chi connectivity index (χ0v) is 14.2. The van der Waals surface area contributed by atoms with Crippen molar-refractivity contribution in [3.8, 4) is 0 Å². The minimum Gasteiger partial charge on any atom is -0.371 e. The highest BCUT2D eigenvalue weighted by Crippen LogP contribution is 2.32. The molecule has 2 aliphatic rings. The third kappa shape index (κ3) is 3.45. The molecule has 2 heterocycles. The number of fused-ring (bicyclic) bond motifs is 2. The molecule has 0 N–H and O–H groups in total. The Balaban J connectivity index is 1.67. The SMILES string of the molecule is CC(C)(C)c1ccc(N2CC3CC(CN(CCF)C3)C2)cc1. The molecule has 0 saturated carbocycles. The van der Waals surface area contributed by atoms with Crippen LogP contribution in [0.5, 0.6) is 0 Å². The zero-order chi connectivity index (χ0) is 15.7. The number of nitrogens with zero attached hydrogens (tertiary/aromatic N) is 2. The Morgan fingerprint density at radius 3 is 2.09 bits per heavy atom. The van der Waals surface area contributed by atoms with Crippen molar-refractivity contribution in [1.82, 2.24) is 4.90 Å². The highest BCUT2D eigenvalue weighted by atomic mass is 19.1. The maximum Gasteiger partial charge on any atom is 0.102 e. The summed E-state index contributed by atoms with van der Waals surface area (Å²) in [6, 6.07) is 9.10. The summed E-state index contributed by atoms with van der Waals surface area (Å²) in [4.78, 5) is 4.86. The van der Waals surface area contributed by atoms with E-state index in [0.717, 1.165) is 26.2 Å². The van der Waals surface area contributed by atoms with Crippen LogP contribution in [0, 0.1) is 11.8 Å².